The van der Waals surface area contributed by atoms with Gasteiger partial charge in [0, 0.05) is 6.08 Å². The number of amides is 1. The summed E-state index contributed by atoms with van der Waals surface area (Å²) < 4.78 is 43.8. The molecule has 0 saturated carbocycles. The predicted molar refractivity (Wildman–Crippen MR) is 101 cm³/mol. The molecule has 27 heavy (non-hydrogen) atoms. The van der Waals surface area contributed by atoms with Crippen molar-refractivity contribution in [2.75, 3.05) is 11.9 Å². The van der Waals surface area contributed by atoms with E-state index in [1.165, 1.54) is 6.08 Å². The molecular formula is C20H19ClF3NO2. The van der Waals surface area contributed by atoms with Gasteiger partial charge in [0.1, 0.15) is 5.75 Å². The molecule has 1 N–H and O–H groups in total. The van der Waals surface area contributed by atoms with Gasteiger partial charge in [-0.05, 0) is 48.4 Å². The summed E-state index contributed by atoms with van der Waals surface area (Å²) in [6, 6.07) is 9.90. The minimum Gasteiger partial charge on any atom is -0.494 e. The Labute approximate surface area is 160 Å². The van der Waals surface area contributed by atoms with Gasteiger partial charge in [-0.25, -0.2) is 0 Å². The van der Waals surface area contributed by atoms with Crippen LogP contribution in [0, 0.1) is 0 Å². The summed E-state index contributed by atoms with van der Waals surface area (Å²) >= 11 is 5.86. The Balaban J connectivity index is 1.99. The van der Waals surface area contributed by atoms with Crippen molar-refractivity contribution >= 4 is 29.3 Å². The molecule has 0 bridgehead atoms. The Morgan fingerprint density at radius 2 is 1.89 bits per heavy atom. The zero-order valence-corrected chi connectivity index (χ0v) is 15.4. The molecule has 0 radical (unpaired) electrons. The maximum Gasteiger partial charge on any atom is 0.416 e. The van der Waals surface area contributed by atoms with Crippen molar-refractivity contribution < 1.29 is 22.7 Å². The van der Waals surface area contributed by atoms with Crippen LogP contribution in [0.5, 0.6) is 5.75 Å². The molecule has 0 fully saturated rings. The molecule has 2 aromatic rings. The Morgan fingerprint density at radius 1 is 1.19 bits per heavy atom. The molecule has 2 rings (SSSR count). The van der Waals surface area contributed by atoms with Gasteiger partial charge in [0.15, 0.2) is 0 Å². The van der Waals surface area contributed by atoms with Gasteiger partial charge in [0.2, 0.25) is 5.91 Å². The molecule has 0 unspecified atom stereocenters. The minimum absolute atomic E-state index is 0.0262. The molecule has 2 aromatic carbocycles. The minimum atomic E-state index is -4.51. The smallest absolute Gasteiger partial charge is 0.416 e. The van der Waals surface area contributed by atoms with Gasteiger partial charge < -0.3 is 10.1 Å². The van der Waals surface area contributed by atoms with Crippen LogP contribution in [0.1, 0.15) is 30.9 Å². The zero-order valence-electron chi connectivity index (χ0n) is 14.6. The lowest BCUT2D eigenvalue weighted by Gasteiger charge is -2.10. The third-order valence-corrected chi connectivity index (χ3v) is 3.96. The van der Waals surface area contributed by atoms with E-state index in [0.29, 0.717) is 6.61 Å². The first-order valence-corrected chi connectivity index (χ1v) is 8.76. The van der Waals surface area contributed by atoms with E-state index in [1.54, 1.807) is 30.3 Å². The van der Waals surface area contributed by atoms with E-state index < -0.39 is 17.6 Å². The standard InChI is InChI=1S/C20H19ClF3NO2/c1-2-3-12-27-16-8-4-14(5-9-16)6-11-19(26)25-18-13-15(20(22,23)24)7-10-17(18)21/h4-11,13H,2-3,12H2,1H3,(H,25,26)/b11-6+. The summed E-state index contributed by atoms with van der Waals surface area (Å²) in [6.07, 6.45) is 0.281. The molecule has 0 spiro atoms. The number of nitrogens with one attached hydrogen (secondary N) is 1. The van der Waals surface area contributed by atoms with Crippen molar-refractivity contribution in [3.05, 3.63) is 64.7 Å². The van der Waals surface area contributed by atoms with E-state index in [2.05, 4.69) is 12.2 Å². The summed E-state index contributed by atoms with van der Waals surface area (Å²) in [6.45, 7) is 2.72. The van der Waals surface area contributed by atoms with Crippen LogP contribution < -0.4 is 10.1 Å². The van der Waals surface area contributed by atoms with Gasteiger partial charge in [0.05, 0.1) is 22.9 Å². The normalized spacial score (nSPS) is 11.6. The fourth-order valence-electron chi connectivity index (χ4n) is 2.15. The van der Waals surface area contributed by atoms with Crippen molar-refractivity contribution in [2.24, 2.45) is 0 Å². The topological polar surface area (TPSA) is 38.3 Å². The van der Waals surface area contributed by atoms with Crippen molar-refractivity contribution in [2.45, 2.75) is 25.9 Å². The van der Waals surface area contributed by atoms with Crippen LogP contribution >= 0.6 is 11.6 Å². The van der Waals surface area contributed by atoms with Gasteiger partial charge in [-0.2, -0.15) is 13.2 Å². The van der Waals surface area contributed by atoms with Crippen LogP contribution in [0.4, 0.5) is 18.9 Å². The predicted octanol–water partition coefficient (Wildman–Crippen LogP) is 6.19. The van der Waals surface area contributed by atoms with Crippen molar-refractivity contribution in [3.8, 4) is 5.75 Å². The molecule has 0 aliphatic carbocycles. The molecule has 144 valence electrons. The number of ether oxygens (including phenoxy) is 1. The molecule has 1 amide bonds. The lowest BCUT2D eigenvalue weighted by atomic mass is 10.2. The SMILES string of the molecule is CCCCOc1ccc(/C=C/C(=O)Nc2cc(C(F)(F)F)ccc2Cl)cc1. The molecule has 7 heteroatoms. The summed E-state index contributed by atoms with van der Waals surface area (Å²) in [4.78, 5) is 12.0. The average molecular weight is 398 g/mol. The van der Waals surface area contributed by atoms with Gasteiger partial charge in [-0.15, -0.1) is 0 Å². The Bertz CT molecular complexity index is 802. The van der Waals surface area contributed by atoms with Crippen LogP contribution in [-0.4, -0.2) is 12.5 Å². The number of alkyl halides is 3. The summed E-state index contributed by atoms with van der Waals surface area (Å²) in [5.41, 5.74) is -0.228. The number of unbranched alkanes of at least 4 members (excludes halogenated alkanes) is 1. The van der Waals surface area contributed by atoms with Gasteiger partial charge in [0.25, 0.3) is 0 Å². The van der Waals surface area contributed by atoms with Gasteiger partial charge in [-0.1, -0.05) is 37.1 Å². The number of carbonyl (C=O) groups is 1. The fourth-order valence-corrected chi connectivity index (χ4v) is 2.32. The van der Waals surface area contributed by atoms with E-state index in [-0.39, 0.29) is 10.7 Å². The second kappa shape index (κ2) is 9.46. The first-order valence-electron chi connectivity index (χ1n) is 8.38. The monoisotopic (exact) mass is 397 g/mol. The number of hydrogen-bond donors (Lipinski definition) is 1. The third kappa shape index (κ3) is 6.64. The van der Waals surface area contributed by atoms with Crippen molar-refractivity contribution in [1.82, 2.24) is 0 Å². The molecule has 0 atom stereocenters. The molecule has 0 saturated heterocycles. The highest BCUT2D eigenvalue weighted by molar-refractivity contribution is 6.33. The first-order chi connectivity index (χ1) is 12.8. The molecule has 0 aromatic heterocycles. The second-order valence-corrected chi connectivity index (χ2v) is 6.19. The second-order valence-electron chi connectivity index (χ2n) is 5.79. The zero-order chi connectivity index (χ0) is 19.9. The lowest BCUT2D eigenvalue weighted by molar-refractivity contribution is -0.137. The van der Waals surface area contributed by atoms with Crippen LogP contribution in [0.25, 0.3) is 6.08 Å². The fraction of sp³-hybridized carbons (Fsp3) is 0.250. The lowest BCUT2D eigenvalue weighted by Crippen LogP contribution is -2.11. The largest absolute Gasteiger partial charge is 0.494 e. The van der Waals surface area contributed by atoms with E-state index >= 15 is 0 Å². The van der Waals surface area contributed by atoms with E-state index in [0.717, 1.165) is 42.4 Å². The summed E-state index contributed by atoms with van der Waals surface area (Å²) in [5.74, 6) is 0.153. The molecular weight excluding hydrogens is 379 g/mol. The maximum absolute atomic E-state index is 12.8. The van der Waals surface area contributed by atoms with Gasteiger partial charge >= 0.3 is 6.18 Å². The Hall–Kier alpha value is -2.47. The Morgan fingerprint density at radius 3 is 2.52 bits per heavy atom. The summed E-state index contributed by atoms with van der Waals surface area (Å²) in [7, 11) is 0. The highest BCUT2D eigenvalue weighted by Gasteiger charge is 2.31. The van der Waals surface area contributed by atoms with E-state index in [1.807, 2.05) is 0 Å². The quantitative estimate of drug-likeness (QED) is 0.447. The van der Waals surface area contributed by atoms with E-state index in [9.17, 15) is 18.0 Å². The number of carbonyl (C=O) groups excluding carboxylic acids is 1. The van der Waals surface area contributed by atoms with Crippen LogP contribution in [0.2, 0.25) is 5.02 Å². The molecule has 0 heterocycles. The number of rotatable bonds is 7. The maximum atomic E-state index is 12.8. The number of benzene rings is 2. The number of halogens is 4. The number of anilines is 1. The van der Waals surface area contributed by atoms with E-state index in [4.69, 9.17) is 16.3 Å². The van der Waals surface area contributed by atoms with Crippen LogP contribution in [0.15, 0.2) is 48.5 Å². The molecule has 3 nitrogen and oxygen atoms in total. The Kier molecular flexibility index (Phi) is 7.30. The van der Waals surface area contributed by atoms with Crippen molar-refractivity contribution in [3.63, 3.8) is 0 Å². The first kappa shape index (κ1) is 20.8. The average Bonchev–Trinajstić information content (AvgIpc) is 2.62. The third-order valence-electron chi connectivity index (χ3n) is 3.63. The number of hydrogen-bond acceptors (Lipinski definition) is 2. The van der Waals surface area contributed by atoms with Crippen LogP contribution in [0.3, 0.4) is 0 Å². The molecule has 0 aliphatic rings. The molecule has 0 aliphatic heterocycles. The van der Waals surface area contributed by atoms with Crippen LogP contribution in [-0.2, 0) is 11.0 Å². The van der Waals surface area contributed by atoms with Crippen molar-refractivity contribution in [1.29, 1.82) is 0 Å². The summed E-state index contributed by atoms with van der Waals surface area (Å²) in [5, 5.41) is 2.38. The highest BCUT2D eigenvalue weighted by atomic mass is 35.5. The highest BCUT2D eigenvalue weighted by Crippen LogP contribution is 2.33. The van der Waals surface area contributed by atoms with Gasteiger partial charge in [-0.3, -0.25) is 4.79 Å².